The van der Waals surface area contributed by atoms with Crippen molar-refractivity contribution in [3.8, 4) is 5.75 Å². The van der Waals surface area contributed by atoms with E-state index in [1.165, 1.54) is 10.4 Å². The summed E-state index contributed by atoms with van der Waals surface area (Å²) in [6.07, 6.45) is 1.23. The van der Waals surface area contributed by atoms with E-state index in [1.807, 2.05) is 41.9 Å². The summed E-state index contributed by atoms with van der Waals surface area (Å²) < 4.78 is 14.8. The lowest BCUT2D eigenvalue weighted by molar-refractivity contribution is 0.209. The number of fused-ring (bicyclic) bond motifs is 1. The number of anilines is 2. The molecule has 0 aliphatic rings. The zero-order valence-corrected chi connectivity index (χ0v) is 31.4. The Bertz CT molecular complexity index is 1860. The molecule has 5 rings (SSSR count). The smallest absolute Gasteiger partial charge is 0.411 e. The average Bonchev–Trinajstić information content (AvgIpc) is 3.41. The number of carbonyl (C=O) groups is 1. The third kappa shape index (κ3) is 7.95. The standard InChI is InChI=1S/C38H47ClN6O4Si/c1-7-14-29(21-22-49-50(38(3,4)5,30-15-10-8-11-16-30)31-17-12-9-13-18-31)40-35-34-33(41-36(42-35)43-37(46)47)26(2)44-45(34)25-28-20-19-27(24-39)23-32(28)48-6/h8-13,15-20,23,29H,7,14,21-22,24-25H2,1-6H3,(H,46,47)(H2,40,41,42,43)/t29-/m0/s1. The Morgan fingerprint density at radius 3 is 2.22 bits per heavy atom. The molecule has 3 aromatic carbocycles. The van der Waals surface area contributed by atoms with Gasteiger partial charge in [0.1, 0.15) is 16.8 Å². The molecule has 0 bridgehead atoms. The summed E-state index contributed by atoms with van der Waals surface area (Å²) >= 11 is 6.09. The lowest BCUT2D eigenvalue weighted by Crippen LogP contribution is -2.66. The van der Waals surface area contributed by atoms with E-state index in [1.54, 1.807) is 7.11 Å². The molecule has 0 saturated carbocycles. The minimum absolute atomic E-state index is 0.0157. The van der Waals surface area contributed by atoms with Crippen LogP contribution in [0.25, 0.3) is 11.0 Å². The van der Waals surface area contributed by atoms with E-state index in [-0.39, 0.29) is 17.0 Å². The molecule has 2 heterocycles. The number of methoxy groups -OCH3 is 1. The van der Waals surface area contributed by atoms with Crippen molar-refractivity contribution in [2.24, 2.45) is 0 Å². The molecule has 0 aliphatic heterocycles. The lowest BCUT2D eigenvalue weighted by Gasteiger charge is -2.43. The normalized spacial score (nSPS) is 12.5. The van der Waals surface area contributed by atoms with Crippen LogP contribution in [-0.2, 0) is 16.9 Å². The van der Waals surface area contributed by atoms with Gasteiger partial charge in [0.15, 0.2) is 5.82 Å². The Morgan fingerprint density at radius 2 is 1.66 bits per heavy atom. The van der Waals surface area contributed by atoms with Crippen LogP contribution in [0.4, 0.5) is 16.6 Å². The highest BCUT2D eigenvalue weighted by Gasteiger charge is 2.50. The number of hydrogen-bond acceptors (Lipinski definition) is 7. The third-order valence-corrected chi connectivity index (χ3v) is 14.3. The second kappa shape index (κ2) is 16.1. The number of aromatic nitrogens is 4. The predicted molar refractivity (Wildman–Crippen MR) is 204 cm³/mol. The maximum Gasteiger partial charge on any atom is 0.411 e. The minimum atomic E-state index is -2.73. The Morgan fingerprint density at radius 1 is 1.00 bits per heavy atom. The predicted octanol–water partition coefficient (Wildman–Crippen LogP) is 7.57. The molecule has 0 radical (unpaired) electrons. The maximum absolute atomic E-state index is 11.7. The largest absolute Gasteiger partial charge is 0.496 e. The van der Waals surface area contributed by atoms with Gasteiger partial charge < -0.3 is 19.6 Å². The van der Waals surface area contributed by atoms with Gasteiger partial charge in [-0.05, 0) is 46.8 Å². The summed E-state index contributed by atoms with van der Waals surface area (Å²) in [7, 11) is -1.10. The molecule has 5 aromatic rings. The van der Waals surface area contributed by atoms with Crippen LogP contribution in [0.5, 0.6) is 5.75 Å². The van der Waals surface area contributed by atoms with Crippen molar-refractivity contribution < 1.29 is 19.1 Å². The first-order valence-electron chi connectivity index (χ1n) is 17.0. The molecule has 0 unspecified atom stereocenters. The molecule has 2 aromatic heterocycles. The van der Waals surface area contributed by atoms with Gasteiger partial charge in [0.2, 0.25) is 5.95 Å². The summed E-state index contributed by atoms with van der Waals surface area (Å²) in [5.41, 5.74) is 3.74. The van der Waals surface area contributed by atoms with Gasteiger partial charge >= 0.3 is 6.09 Å². The number of benzene rings is 3. The maximum atomic E-state index is 11.7. The first-order chi connectivity index (χ1) is 24.0. The van der Waals surface area contributed by atoms with Gasteiger partial charge in [-0.1, -0.05) is 107 Å². The first kappa shape index (κ1) is 36.8. The van der Waals surface area contributed by atoms with Gasteiger partial charge in [0.25, 0.3) is 8.32 Å². The van der Waals surface area contributed by atoms with E-state index in [4.69, 9.17) is 25.9 Å². The number of nitrogens with zero attached hydrogens (tertiary/aromatic N) is 4. The van der Waals surface area contributed by atoms with Crippen LogP contribution < -0.4 is 25.7 Å². The highest BCUT2D eigenvalue weighted by atomic mass is 35.5. The molecule has 3 N–H and O–H groups in total. The van der Waals surface area contributed by atoms with Crippen molar-refractivity contribution >= 4 is 59.2 Å². The number of aryl methyl sites for hydroxylation is 1. The number of hydrogen-bond donors (Lipinski definition) is 3. The number of carboxylic acid groups (broad SMARTS) is 1. The SMILES string of the molecule is CCC[C@@H](CCO[Si](c1ccccc1)(c1ccccc1)C(C)(C)C)Nc1nc(NC(=O)O)nc2c(C)nn(Cc3ccc(CCl)cc3OC)c12. The molecule has 0 spiro atoms. The molecule has 1 atom stereocenters. The van der Waals surface area contributed by atoms with Crippen molar-refractivity contribution in [2.75, 3.05) is 24.4 Å². The number of nitrogens with one attached hydrogen (secondary N) is 2. The summed E-state index contributed by atoms with van der Waals surface area (Å²) in [6, 6.07) is 27.1. The van der Waals surface area contributed by atoms with Crippen LogP contribution in [-0.4, -0.2) is 59.0 Å². The number of halogens is 1. The van der Waals surface area contributed by atoms with Gasteiger partial charge in [0.05, 0.1) is 19.3 Å². The van der Waals surface area contributed by atoms with E-state index in [9.17, 15) is 9.90 Å². The summed E-state index contributed by atoms with van der Waals surface area (Å²) in [6.45, 7) is 11.7. The fourth-order valence-corrected chi connectivity index (χ4v) is 11.5. The van der Waals surface area contributed by atoms with Gasteiger partial charge in [0, 0.05) is 24.1 Å². The fraction of sp³-hybridized carbons (Fsp3) is 0.368. The lowest BCUT2D eigenvalue weighted by atomic mass is 10.1. The van der Waals surface area contributed by atoms with Crippen molar-refractivity contribution in [1.29, 1.82) is 0 Å². The Hall–Kier alpha value is -4.45. The molecule has 0 saturated heterocycles. The number of alkyl halides is 1. The molecule has 0 aliphatic carbocycles. The zero-order valence-electron chi connectivity index (χ0n) is 29.7. The van der Waals surface area contributed by atoms with Gasteiger partial charge in [-0.3, -0.25) is 10.00 Å². The summed E-state index contributed by atoms with van der Waals surface area (Å²) in [4.78, 5) is 20.9. The average molecular weight is 715 g/mol. The Kier molecular flexibility index (Phi) is 11.8. The number of amides is 1. The van der Waals surface area contributed by atoms with Gasteiger partial charge in [-0.2, -0.15) is 10.1 Å². The fourth-order valence-electron chi connectivity index (χ4n) is 6.71. The van der Waals surface area contributed by atoms with Gasteiger partial charge in [-0.15, -0.1) is 11.6 Å². The highest BCUT2D eigenvalue weighted by Crippen LogP contribution is 2.37. The molecular weight excluding hydrogens is 668 g/mol. The monoisotopic (exact) mass is 714 g/mol. The van der Waals surface area contributed by atoms with Crippen LogP contribution in [0.3, 0.4) is 0 Å². The van der Waals surface area contributed by atoms with Crippen LogP contribution in [0.15, 0.2) is 78.9 Å². The second-order valence-electron chi connectivity index (χ2n) is 13.5. The summed E-state index contributed by atoms with van der Waals surface area (Å²) in [5, 5.41) is 22.7. The van der Waals surface area contributed by atoms with E-state index >= 15 is 0 Å². The molecule has 10 nitrogen and oxygen atoms in total. The second-order valence-corrected chi connectivity index (χ2v) is 18.0. The van der Waals surface area contributed by atoms with Crippen molar-refractivity contribution in [3.63, 3.8) is 0 Å². The summed E-state index contributed by atoms with van der Waals surface area (Å²) in [5.74, 6) is 1.56. The van der Waals surface area contributed by atoms with Crippen molar-refractivity contribution in [3.05, 3.63) is 95.7 Å². The molecule has 0 fully saturated rings. The first-order valence-corrected chi connectivity index (χ1v) is 19.4. The van der Waals surface area contributed by atoms with E-state index in [0.29, 0.717) is 53.7 Å². The topological polar surface area (TPSA) is 123 Å². The van der Waals surface area contributed by atoms with Gasteiger partial charge in [-0.25, -0.2) is 9.78 Å². The Balaban J connectivity index is 1.51. The number of rotatable bonds is 15. The highest BCUT2D eigenvalue weighted by molar-refractivity contribution is 6.99. The molecule has 50 heavy (non-hydrogen) atoms. The van der Waals surface area contributed by atoms with Crippen molar-refractivity contribution in [1.82, 2.24) is 19.7 Å². The third-order valence-electron chi connectivity index (χ3n) is 8.98. The van der Waals surface area contributed by atoms with E-state index < -0.39 is 14.4 Å². The van der Waals surface area contributed by atoms with Crippen LogP contribution >= 0.6 is 11.6 Å². The quantitative estimate of drug-likeness (QED) is 0.0750. The van der Waals surface area contributed by atoms with Crippen molar-refractivity contribution in [2.45, 2.75) is 77.4 Å². The molecule has 264 valence electrons. The Labute approximate surface area is 300 Å². The molecule has 1 amide bonds. The van der Waals surface area contributed by atoms with Crippen LogP contribution in [0, 0.1) is 6.92 Å². The van der Waals surface area contributed by atoms with E-state index in [0.717, 1.165) is 24.0 Å². The zero-order chi connectivity index (χ0) is 35.9. The minimum Gasteiger partial charge on any atom is -0.496 e. The van der Waals surface area contributed by atoms with E-state index in [2.05, 4.69) is 96.8 Å². The number of ether oxygens (including phenoxy) is 1. The van der Waals surface area contributed by atoms with Crippen LogP contribution in [0.1, 0.15) is 63.8 Å². The molecule has 12 heteroatoms. The van der Waals surface area contributed by atoms with Crippen LogP contribution in [0.2, 0.25) is 5.04 Å². The molecular formula is C38H47ClN6O4Si.